The van der Waals surface area contributed by atoms with E-state index in [1.807, 2.05) is 0 Å². The molecule has 2 rings (SSSR count). The fraction of sp³-hybridized carbons (Fsp3) is 0.0714. The number of ketones is 1. The molecule has 0 aromatic heterocycles. The van der Waals surface area contributed by atoms with E-state index >= 15 is 0 Å². The predicted octanol–water partition coefficient (Wildman–Crippen LogP) is 3.09. The largest absolute Gasteiger partial charge is 0.396 e. The molecule has 4 heteroatoms. The van der Waals surface area contributed by atoms with E-state index in [0.29, 0.717) is 5.56 Å². The van der Waals surface area contributed by atoms with Gasteiger partial charge in [-0.3, -0.25) is 4.79 Å². The number of aryl methyl sites for hydroxylation is 1. The zero-order valence-corrected chi connectivity index (χ0v) is 9.71. The number of nitrogen functional groups attached to an aromatic ring is 1. The fourth-order valence-electron chi connectivity index (χ4n) is 1.68. The van der Waals surface area contributed by atoms with Crippen molar-refractivity contribution in [2.75, 3.05) is 5.73 Å². The molecule has 0 bridgehead atoms. The monoisotopic (exact) mass is 247 g/mol. The summed E-state index contributed by atoms with van der Waals surface area (Å²) in [4.78, 5) is 12.1. The van der Waals surface area contributed by atoms with Crippen molar-refractivity contribution in [3.8, 4) is 0 Å². The van der Waals surface area contributed by atoms with Crippen molar-refractivity contribution in [1.29, 1.82) is 0 Å². The summed E-state index contributed by atoms with van der Waals surface area (Å²) in [5.74, 6) is -1.45. The molecule has 2 nitrogen and oxygen atoms in total. The van der Waals surface area contributed by atoms with Crippen LogP contribution in [0.5, 0.6) is 0 Å². The van der Waals surface area contributed by atoms with Gasteiger partial charge >= 0.3 is 0 Å². The molecule has 0 aliphatic heterocycles. The van der Waals surface area contributed by atoms with E-state index in [-0.39, 0.29) is 16.8 Å². The molecule has 0 aliphatic rings. The Bertz CT molecular complexity index is 623. The summed E-state index contributed by atoms with van der Waals surface area (Å²) in [5, 5.41) is 0. The van der Waals surface area contributed by atoms with Crippen molar-refractivity contribution in [3.05, 3.63) is 64.7 Å². The first-order valence-corrected chi connectivity index (χ1v) is 5.35. The number of hydrogen-bond acceptors (Lipinski definition) is 2. The molecule has 0 aliphatic carbocycles. The van der Waals surface area contributed by atoms with Gasteiger partial charge in [-0.2, -0.15) is 0 Å². The highest BCUT2D eigenvalue weighted by Gasteiger charge is 2.15. The maximum atomic E-state index is 13.3. The third kappa shape index (κ3) is 2.09. The fourth-order valence-corrected chi connectivity index (χ4v) is 1.68. The van der Waals surface area contributed by atoms with Crippen LogP contribution < -0.4 is 5.73 Å². The standard InChI is InChI=1S/C14H11F2NO/c1-8-7-9(5-6-11(8)15)14(18)10-3-2-4-12(16)13(10)17/h2-7H,17H2,1H3. The second-order valence-corrected chi connectivity index (χ2v) is 3.99. The molecule has 2 aromatic carbocycles. The van der Waals surface area contributed by atoms with Crippen LogP contribution in [0.15, 0.2) is 36.4 Å². The number of nitrogens with two attached hydrogens (primary N) is 1. The topological polar surface area (TPSA) is 43.1 Å². The maximum Gasteiger partial charge on any atom is 0.195 e. The summed E-state index contributed by atoms with van der Waals surface area (Å²) < 4.78 is 26.4. The Kier molecular flexibility index (Phi) is 3.10. The Morgan fingerprint density at radius 1 is 1.11 bits per heavy atom. The van der Waals surface area contributed by atoms with Gasteiger partial charge in [-0.05, 0) is 42.8 Å². The lowest BCUT2D eigenvalue weighted by atomic mass is 10.00. The van der Waals surface area contributed by atoms with Crippen LogP contribution in [0, 0.1) is 18.6 Å². The van der Waals surface area contributed by atoms with E-state index in [1.54, 1.807) is 6.92 Å². The van der Waals surface area contributed by atoms with Gasteiger partial charge in [0.2, 0.25) is 0 Å². The predicted molar refractivity (Wildman–Crippen MR) is 65.4 cm³/mol. The highest BCUT2D eigenvalue weighted by Crippen LogP contribution is 2.20. The Morgan fingerprint density at radius 2 is 1.83 bits per heavy atom. The zero-order valence-electron chi connectivity index (χ0n) is 9.71. The molecule has 0 radical (unpaired) electrons. The molecule has 0 spiro atoms. The van der Waals surface area contributed by atoms with E-state index in [2.05, 4.69) is 0 Å². The lowest BCUT2D eigenvalue weighted by molar-refractivity contribution is 0.103. The maximum absolute atomic E-state index is 13.3. The van der Waals surface area contributed by atoms with Gasteiger partial charge in [0, 0.05) is 11.1 Å². The highest BCUT2D eigenvalue weighted by atomic mass is 19.1. The smallest absolute Gasteiger partial charge is 0.195 e. The highest BCUT2D eigenvalue weighted by molar-refractivity contribution is 6.12. The number of carbonyl (C=O) groups excluding carboxylic acids is 1. The van der Waals surface area contributed by atoms with Crippen molar-refractivity contribution in [1.82, 2.24) is 0 Å². The van der Waals surface area contributed by atoms with Gasteiger partial charge in [0.25, 0.3) is 0 Å². The van der Waals surface area contributed by atoms with E-state index in [1.165, 1.54) is 36.4 Å². The first-order chi connectivity index (χ1) is 8.50. The molecule has 2 N–H and O–H groups in total. The molecule has 0 heterocycles. The molecule has 0 saturated carbocycles. The van der Waals surface area contributed by atoms with Crippen molar-refractivity contribution >= 4 is 11.5 Å². The number of anilines is 1. The summed E-state index contributed by atoms with van der Waals surface area (Å²) >= 11 is 0. The molecule has 2 aromatic rings. The quantitative estimate of drug-likeness (QED) is 0.654. The summed E-state index contributed by atoms with van der Waals surface area (Å²) in [6, 6.07) is 8.02. The molecule has 0 atom stereocenters. The van der Waals surface area contributed by atoms with Crippen LogP contribution >= 0.6 is 0 Å². The van der Waals surface area contributed by atoms with Gasteiger partial charge in [-0.15, -0.1) is 0 Å². The van der Waals surface area contributed by atoms with Gasteiger partial charge in [-0.1, -0.05) is 6.07 Å². The summed E-state index contributed by atoms with van der Waals surface area (Å²) in [5.41, 5.74) is 6.05. The van der Waals surface area contributed by atoms with Crippen LogP contribution in [0.4, 0.5) is 14.5 Å². The third-order valence-corrected chi connectivity index (χ3v) is 2.72. The number of para-hydroxylation sites is 1. The van der Waals surface area contributed by atoms with Crippen molar-refractivity contribution in [2.24, 2.45) is 0 Å². The van der Waals surface area contributed by atoms with E-state index in [4.69, 9.17) is 5.73 Å². The lowest BCUT2D eigenvalue weighted by Crippen LogP contribution is -2.07. The van der Waals surface area contributed by atoms with Crippen LogP contribution in [-0.2, 0) is 0 Å². The van der Waals surface area contributed by atoms with Crippen molar-refractivity contribution in [3.63, 3.8) is 0 Å². The first-order valence-electron chi connectivity index (χ1n) is 5.35. The Labute approximate surface area is 103 Å². The average molecular weight is 247 g/mol. The van der Waals surface area contributed by atoms with Crippen molar-refractivity contribution < 1.29 is 13.6 Å². The van der Waals surface area contributed by atoms with Crippen LogP contribution in [-0.4, -0.2) is 5.78 Å². The molecule has 0 saturated heterocycles. The SMILES string of the molecule is Cc1cc(C(=O)c2cccc(F)c2N)ccc1F. The summed E-state index contributed by atoms with van der Waals surface area (Å²) in [7, 11) is 0. The molecule has 92 valence electrons. The number of benzene rings is 2. The molecule has 0 amide bonds. The summed E-state index contributed by atoms with van der Waals surface area (Å²) in [6.07, 6.45) is 0. The van der Waals surface area contributed by atoms with Crippen LogP contribution in [0.25, 0.3) is 0 Å². The minimum absolute atomic E-state index is 0.0843. The average Bonchev–Trinajstić information content (AvgIpc) is 2.35. The van der Waals surface area contributed by atoms with E-state index < -0.39 is 17.4 Å². The Balaban J connectivity index is 2.48. The number of carbonyl (C=O) groups is 1. The minimum Gasteiger partial charge on any atom is -0.396 e. The number of rotatable bonds is 2. The van der Waals surface area contributed by atoms with Gasteiger partial charge < -0.3 is 5.73 Å². The molecule has 18 heavy (non-hydrogen) atoms. The van der Waals surface area contributed by atoms with E-state index in [9.17, 15) is 13.6 Å². The molecular formula is C14H11F2NO. The molecule has 0 fully saturated rings. The van der Waals surface area contributed by atoms with Crippen LogP contribution in [0.2, 0.25) is 0 Å². The number of hydrogen-bond donors (Lipinski definition) is 1. The van der Waals surface area contributed by atoms with Gasteiger partial charge in [0.05, 0.1) is 5.69 Å². The minimum atomic E-state index is -0.639. The van der Waals surface area contributed by atoms with Gasteiger partial charge in [0.1, 0.15) is 11.6 Å². The molecule has 0 unspecified atom stereocenters. The van der Waals surface area contributed by atoms with Crippen LogP contribution in [0.3, 0.4) is 0 Å². The second kappa shape index (κ2) is 4.56. The first kappa shape index (κ1) is 12.2. The van der Waals surface area contributed by atoms with E-state index in [0.717, 1.165) is 0 Å². The van der Waals surface area contributed by atoms with Gasteiger partial charge in [-0.25, -0.2) is 8.78 Å². The third-order valence-electron chi connectivity index (χ3n) is 2.72. The Morgan fingerprint density at radius 3 is 2.50 bits per heavy atom. The second-order valence-electron chi connectivity index (χ2n) is 3.99. The summed E-state index contributed by atoms with van der Waals surface area (Å²) in [6.45, 7) is 1.56. The van der Waals surface area contributed by atoms with Gasteiger partial charge in [0.15, 0.2) is 5.78 Å². The van der Waals surface area contributed by atoms with Crippen LogP contribution in [0.1, 0.15) is 21.5 Å². The normalized spacial score (nSPS) is 10.4. The van der Waals surface area contributed by atoms with Crippen molar-refractivity contribution in [2.45, 2.75) is 6.92 Å². The lowest BCUT2D eigenvalue weighted by Gasteiger charge is -2.06. The molecular weight excluding hydrogens is 236 g/mol. The zero-order chi connectivity index (χ0) is 13.3. The number of halogens is 2. The Hall–Kier alpha value is -2.23.